The van der Waals surface area contributed by atoms with E-state index in [1.807, 2.05) is 6.07 Å². The minimum absolute atomic E-state index is 0.179. The number of nitrogens with one attached hydrogen (secondary N) is 1. The summed E-state index contributed by atoms with van der Waals surface area (Å²) < 4.78 is 0. The lowest BCUT2D eigenvalue weighted by Crippen LogP contribution is -2.20. The largest absolute Gasteiger partial charge is 0.284 e. The van der Waals surface area contributed by atoms with Crippen LogP contribution in [-0.4, -0.2) is 13.0 Å². The number of thiophene rings is 1. The van der Waals surface area contributed by atoms with Crippen molar-refractivity contribution in [2.45, 2.75) is 13.3 Å². The van der Waals surface area contributed by atoms with Crippen molar-refractivity contribution in [3.05, 3.63) is 21.9 Å². The Morgan fingerprint density at radius 2 is 2.42 bits per heavy atom. The van der Waals surface area contributed by atoms with Crippen LogP contribution in [-0.2, 0) is 11.3 Å². The monoisotopic (exact) mass is 185 g/mol. The van der Waals surface area contributed by atoms with E-state index in [1.54, 1.807) is 6.07 Å². The zero-order valence-corrected chi connectivity index (χ0v) is 7.90. The van der Waals surface area contributed by atoms with Crippen LogP contribution in [0.1, 0.15) is 21.5 Å². The molecule has 1 rings (SSSR count). The molecule has 0 unspecified atom stereocenters. The standard InChI is InChI=1S/C8H11NO2S/c1-3-6-4-5-7(12-6)8(10)9-11-2/h4-5H,3H2,1-2H3,(H,9,10). The SMILES string of the molecule is CCc1ccc(C(=O)NOC)s1. The number of carbonyl (C=O) groups is 1. The zero-order valence-electron chi connectivity index (χ0n) is 7.09. The molecular weight excluding hydrogens is 174 g/mol. The average Bonchev–Trinajstić information content (AvgIpc) is 2.52. The summed E-state index contributed by atoms with van der Waals surface area (Å²) in [5, 5.41) is 0. The Labute approximate surface area is 75.3 Å². The molecule has 3 nitrogen and oxygen atoms in total. The highest BCUT2D eigenvalue weighted by Crippen LogP contribution is 2.16. The Kier molecular flexibility index (Phi) is 3.25. The molecule has 0 bridgehead atoms. The fraction of sp³-hybridized carbons (Fsp3) is 0.375. The van der Waals surface area contributed by atoms with Crippen molar-refractivity contribution < 1.29 is 9.63 Å². The summed E-state index contributed by atoms with van der Waals surface area (Å²) in [7, 11) is 1.42. The van der Waals surface area contributed by atoms with Crippen LogP contribution in [0, 0.1) is 0 Å². The topological polar surface area (TPSA) is 38.3 Å². The predicted octanol–water partition coefficient (Wildman–Crippen LogP) is 1.60. The van der Waals surface area contributed by atoms with Gasteiger partial charge in [0.1, 0.15) is 0 Å². The summed E-state index contributed by atoms with van der Waals surface area (Å²) in [5.74, 6) is -0.179. The Hall–Kier alpha value is -0.870. The van der Waals surface area contributed by atoms with E-state index in [-0.39, 0.29) is 5.91 Å². The fourth-order valence-electron chi connectivity index (χ4n) is 0.833. The molecule has 0 saturated carbocycles. The first kappa shape index (κ1) is 9.22. The maximum Gasteiger partial charge on any atom is 0.284 e. The van der Waals surface area contributed by atoms with Gasteiger partial charge < -0.3 is 0 Å². The summed E-state index contributed by atoms with van der Waals surface area (Å²) in [4.78, 5) is 17.5. The minimum Gasteiger partial charge on any atom is -0.277 e. The van der Waals surface area contributed by atoms with Crippen molar-refractivity contribution in [1.29, 1.82) is 0 Å². The Morgan fingerprint density at radius 1 is 1.67 bits per heavy atom. The maximum atomic E-state index is 11.1. The quantitative estimate of drug-likeness (QED) is 0.726. The van der Waals surface area contributed by atoms with Gasteiger partial charge in [0.2, 0.25) is 0 Å². The average molecular weight is 185 g/mol. The molecule has 1 aromatic rings. The fourth-order valence-corrected chi connectivity index (χ4v) is 1.67. The Morgan fingerprint density at radius 3 is 2.92 bits per heavy atom. The van der Waals surface area contributed by atoms with Crippen molar-refractivity contribution >= 4 is 17.2 Å². The van der Waals surface area contributed by atoms with Gasteiger partial charge in [-0.05, 0) is 18.6 Å². The van der Waals surface area contributed by atoms with Crippen LogP contribution in [0.2, 0.25) is 0 Å². The van der Waals surface area contributed by atoms with Gasteiger partial charge in [-0.25, -0.2) is 5.48 Å². The lowest BCUT2D eigenvalue weighted by molar-refractivity contribution is 0.0542. The lowest BCUT2D eigenvalue weighted by atomic mass is 10.3. The Balaban J connectivity index is 2.68. The Bertz CT molecular complexity index is 270. The maximum absolute atomic E-state index is 11.1. The van der Waals surface area contributed by atoms with Gasteiger partial charge in [-0.3, -0.25) is 9.63 Å². The van der Waals surface area contributed by atoms with E-state index < -0.39 is 0 Å². The molecule has 1 amide bonds. The number of aryl methyl sites for hydroxylation is 1. The number of rotatable bonds is 3. The van der Waals surface area contributed by atoms with E-state index in [4.69, 9.17) is 0 Å². The summed E-state index contributed by atoms with van der Waals surface area (Å²) in [6.07, 6.45) is 0.963. The van der Waals surface area contributed by atoms with Crippen LogP contribution in [0.4, 0.5) is 0 Å². The van der Waals surface area contributed by atoms with Gasteiger partial charge in [-0.2, -0.15) is 0 Å². The molecule has 1 N–H and O–H groups in total. The molecular formula is C8H11NO2S. The molecule has 1 aromatic heterocycles. The van der Waals surface area contributed by atoms with Crippen molar-refractivity contribution in [2.75, 3.05) is 7.11 Å². The summed E-state index contributed by atoms with van der Waals surface area (Å²) in [6, 6.07) is 3.76. The molecule has 0 atom stereocenters. The van der Waals surface area contributed by atoms with Crippen molar-refractivity contribution in [1.82, 2.24) is 5.48 Å². The van der Waals surface area contributed by atoms with Crippen molar-refractivity contribution in [3.8, 4) is 0 Å². The van der Waals surface area contributed by atoms with E-state index in [1.165, 1.54) is 23.3 Å². The van der Waals surface area contributed by atoms with Crippen LogP contribution in [0.5, 0.6) is 0 Å². The second kappa shape index (κ2) is 4.23. The molecule has 66 valence electrons. The van der Waals surface area contributed by atoms with Gasteiger partial charge in [0, 0.05) is 4.88 Å². The molecule has 0 radical (unpaired) electrons. The number of hydroxylamine groups is 1. The molecule has 0 aromatic carbocycles. The van der Waals surface area contributed by atoms with Gasteiger partial charge in [0.25, 0.3) is 5.91 Å². The first-order chi connectivity index (χ1) is 5.77. The highest BCUT2D eigenvalue weighted by atomic mass is 32.1. The molecule has 0 aliphatic heterocycles. The van der Waals surface area contributed by atoms with Gasteiger partial charge in [-0.15, -0.1) is 11.3 Å². The molecule has 0 saturated heterocycles. The summed E-state index contributed by atoms with van der Waals surface area (Å²) in [6.45, 7) is 2.06. The highest BCUT2D eigenvalue weighted by Gasteiger charge is 2.06. The molecule has 12 heavy (non-hydrogen) atoms. The third-order valence-corrected chi connectivity index (χ3v) is 2.66. The minimum atomic E-state index is -0.179. The first-order valence-corrected chi connectivity index (χ1v) is 4.51. The zero-order chi connectivity index (χ0) is 8.97. The van der Waals surface area contributed by atoms with Crippen LogP contribution in [0.25, 0.3) is 0 Å². The first-order valence-electron chi connectivity index (χ1n) is 3.70. The number of hydrogen-bond acceptors (Lipinski definition) is 3. The third kappa shape index (κ3) is 2.06. The summed E-state index contributed by atoms with van der Waals surface area (Å²) in [5.41, 5.74) is 2.27. The van der Waals surface area contributed by atoms with E-state index in [9.17, 15) is 4.79 Å². The molecule has 0 aliphatic rings. The van der Waals surface area contributed by atoms with E-state index in [0.717, 1.165) is 6.42 Å². The van der Waals surface area contributed by atoms with Crippen molar-refractivity contribution in [3.63, 3.8) is 0 Å². The van der Waals surface area contributed by atoms with Gasteiger partial charge in [0.05, 0.1) is 12.0 Å². The second-order valence-electron chi connectivity index (χ2n) is 2.25. The smallest absolute Gasteiger partial charge is 0.277 e. The van der Waals surface area contributed by atoms with Gasteiger partial charge in [-0.1, -0.05) is 6.92 Å². The van der Waals surface area contributed by atoms with Crippen LogP contribution >= 0.6 is 11.3 Å². The predicted molar refractivity (Wildman–Crippen MR) is 48.2 cm³/mol. The van der Waals surface area contributed by atoms with Crippen LogP contribution < -0.4 is 5.48 Å². The summed E-state index contributed by atoms with van der Waals surface area (Å²) >= 11 is 1.49. The van der Waals surface area contributed by atoms with Crippen LogP contribution in [0.3, 0.4) is 0 Å². The molecule has 0 aliphatic carbocycles. The number of carbonyl (C=O) groups excluding carboxylic acids is 1. The van der Waals surface area contributed by atoms with E-state index in [0.29, 0.717) is 4.88 Å². The molecule has 1 heterocycles. The number of hydrogen-bond donors (Lipinski definition) is 1. The van der Waals surface area contributed by atoms with Crippen LogP contribution in [0.15, 0.2) is 12.1 Å². The molecule has 0 spiro atoms. The molecule has 0 fully saturated rings. The third-order valence-electron chi connectivity index (χ3n) is 1.43. The van der Waals surface area contributed by atoms with Crippen molar-refractivity contribution in [2.24, 2.45) is 0 Å². The van der Waals surface area contributed by atoms with E-state index in [2.05, 4.69) is 17.2 Å². The second-order valence-corrected chi connectivity index (χ2v) is 3.42. The lowest BCUT2D eigenvalue weighted by Gasteiger charge is -1.96. The molecule has 4 heteroatoms. The van der Waals surface area contributed by atoms with E-state index >= 15 is 0 Å². The normalized spacial score (nSPS) is 9.83. The number of amides is 1. The van der Waals surface area contributed by atoms with Gasteiger partial charge >= 0.3 is 0 Å². The van der Waals surface area contributed by atoms with Gasteiger partial charge in [0.15, 0.2) is 0 Å². The highest BCUT2D eigenvalue weighted by molar-refractivity contribution is 7.14.